The average molecular weight is 617 g/mol. The number of anilines is 1. The summed E-state index contributed by atoms with van der Waals surface area (Å²) in [6, 6.07) is 6.83. The summed E-state index contributed by atoms with van der Waals surface area (Å²) in [4.78, 5) is 18.7. The molecule has 4 aromatic rings. The molecule has 0 spiro atoms. The summed E-state index contributed by atoms with van der Waals surface area (Å²) in [5.41, 5.74) is 0.918. The van der Waals surface area contributed by atoms with Crippen LogP contribution in [0.3, 0.4) is 0 Å². The summed E-state index contributed by atoms with van der Waals surface area (Å²) >= 11 is 0. The van der Waals surface area contributed by atoms with Crippen LogP contribution in [0.15, 0.2) is 30.5 Å². The van der Waals surface area contributed by atoms with E-state index in [0.29, 0.717) is 58.2 Å². The van der Waals surface area contributed by atoms with E-state index < -0.39 is 5.82 Å². The molecular weight excluding hydrogens is 578 g/mol. The van der Waals surface area contributed by atoms with Gasteiger partial charge in [0.1, 0.15) is 28.6 Å². The van der Waals surface area contributed by atoms with Crippen molar-refractivity contribution in [3.8, 4) is 23.0 Å². The van der Waals surface area contributed by atoms with Crippen molar-refractivity contribution in [3.05, 3.63) is 47.7 Å². The first-order valence-corrected chi connectivity index (χ1v) is 16.1. The molecule has 3 aliphatic heterocycles. The summed E-state index contributed by atoms with van der Waals surface area (Å²) in [6.45, 7) is 8.07. The van der Waals surface area contributed by atoms with Crippen molar-refractivity contribution in [2.24, 2.45) is 5.41 Å². The van der Waals surface area contributed by atoms with E-state index in [-0.39, 0.29) is 34.2 Å². The Hall–Kier alpha value is -3.67. The molecule has 2 aromatic heterocycles. The monoisotopic (exact) mass is 616 g/mol. The number of aromatic nitrogens is 3. The molecule has 9 nitrogen and oxygen atoms in total. The number of halogens is 2. The molecule has 8 rings (SSSR count). The van der Waals surface area contributed by atoms with Crippen molar-refractivity contribution in [2.75, 3.05) is 57.4 Å². The molecule has 11 heteroatoms. The van der Waals surface area contributed by atoms with Crippen LogP contribution in [0.1, 0.15) is 38.2 Å². The lowest BCUT2D eigenvalue weighted by Crippen LogP contribution is -2.51. The first-order chi connectivity index (χ1) is 21.9. The third-order valence-electron chi connectivity index (χ3n) is 10.0. The highest BCUT2D eigenvalue weighted by Crippen LogP contribution is 2.47. The van der Waals surface area contributed by atoms with Crippen molar-refractivity contribution >= 4 is 27.5 Å². The second-order valence-corrected chi connectivity index (χ2v) is 13.2. The lowest BCUT2D eigenvalue weighted by molar-refractivity contribution is 0.0231. The molecule has 0 unspecified atom stereocenters. The van der Waals surface area contributed by atoms with Crippen LogP contribution in [0.4, 0.5) is 14.6 Å². The fourth-order valence-corrected chi connectivity index (χ4v) is 7.49. The van der Waals surface area contributed by atoms with Gasteiger partial charge < -0.3 is 24.8 Å². The summed E-state index contributed by atoms with van der Waals surface area (Å²) in [5.74, 6) is -0.457. The summed E-state index contributed by atoms with van der Waals surface area (Å²) in [5, 5.41) is 15.9. The van der Waals surface area contributed by atoms with Crippen LogP contribution in [0.5, 0.6) is 11.8 Å². The summed E-state index contributed by atoms with van der Waals surface area (Å²) in [7, 11) is 0. The first kappa shape index (κ1) is 28.8. The molecule has 2 aromatic carbocycles. The lowest BCUT2D eigenvalue weighted by Gasteiger charge is -2.34. The molecule has 4 fully saturated rings. The number of aromatic hydroxyl groups is 1. The van der Waals surface area contributed by atoms with E-state index in [0.717, 1.165) is 71.6 Å². The zero-order valence-corrected chi connectivity index (χ0v) is 25.5. The zero-order valence-electron chi connectivity index (χ0n) is 25.5. The number of hydrogen-bond donors (Lipinski definition) is 2. The number of nitrogens with zero attached hydrogens (tertiary/aromatic N) is 5. The smallest absolute Gasteiger partial charge is 0.319 e. The van der Waals surface area contributed by atoms with Gasteiger partial charge >= 0.3 is 6.01 Å². The number of morpholine rings is 1. The van der Waals surface area contributed by atoms with E-state index in [1.807, 2.05) is 6.92 Å². The van der Waals surface area contributed by atoms with Crippen molar-refractivity contribution in [2.45, 2.75) is 51.1 Å². The molecule has 4 aliphatic rings. The Morgan fingerprint density at radius 1 is 1.09 bits per heavy atom. The Balaban J connectivity index is 1.22. The van der Waals surface area contributed by atoms with Crippen molar-refractivity contribution in [1.82, 2.24) is 25.2 Å². The normalized spacial score (nSPS) is 22.8. The highest BCUT2D eigenvalue weighted by Gasteiger charge is 2.45. The maximum absolute atomic E-state index is 16.8. The van der Waals surface area contributed by atoms with Gasteiger partial charge in [-0.25, -0.2) is 8.78 Å². The Bertz CT molecular complexity index is 1760. The molecule has 5 heterocycles. The molecule has 2 N–H and O–H groups in total. The van der Waals surface area contributed by atoms with Crippen molar-refractivity contribution in [1.29, 1.82) is 0 Å². The van der Waals surface area contributed by atoms with E-state index in [1.165, 1.54) is 12.1 Å². The maximum Gasteiger partial charge on any atom is 0.319 e. The molecule has 0 radical (unpaired) electrons. The second kappa shape index (κ2) is 11.3. The molecule has 2 atom stereocenters. The number of phenolic OH excluding ortho intramolecular Hbond substituents is 1. The molecule has 236 valence electrons. The number of phenols is 1. The van der Waals surface area contributed by atoms with Gasteiger partial charge in [0.05, 0.1) is 25.2 Å². The van der Waals surface area contributed by atoms with E-state index >= 15 is 4.39 Å². The minimum Gasteiger partial charge on any atom is -0.508 e. The summed E-state index contributed by atoms with van der Waals surface area (Å²) < 4.78 is 43.6. The Kier molecular flexibility index (Phi) is 7.22. The van der Waals surface area contributed by atoms with Crippen molar-refractivity contribution in [3.63, 3.8) is 0 Å². The minimum absolute atomic E-state index is 0.00524. The third-order valence-corrected chi connectivity index (χ3v) is 10.0. The molecule has 45 heavy (non-hydrogen) atoms. The zero-order chi connectivity index (χ0) is 30.7. The number of pyridine rings is 1. The SMILES string of the molecule is CCc1c(F)ccc2cc(O)cc(-c3ncc4c(N5C[C@H]6CC[C@@H](C5)N6)nc(OCC5(CN6CCOCC6)CC5)nc4c3F)c12. The number of fused-ring (bicyclic) bond motifs is 4. The Labute approximate surface area is 260 Å². The molecule has 0 amide bonds. The standard InChI is InChI=1S/C34H38F2N6O3/c1-2-24-27(35)6-3-20-13-23(43)14-25(28(20)24)30-29(36)31-26(15-37-30)32(42-16-21-4-5-22(17-42)38-21)40-33(39-31)45-19-34(7-8-34)18-41-9-11-44-12-10-41/h3,6,13-15,21-22,38,43H,2,4-5,7-12,16-19H2,1H3/t21-,22+. The van der Waals surface area contributed by atoms with Gasteiger partial charge in [-0.05, 0) is 66.6 Å². The highest BCUT2D eigenvalue weighted by molar-refractivity contribution is 6.01. The van der Waals surface area contributed by atoms with E-state index in [2.05, 4.69) is 25.1 Å². The molecule has 1 saturated carbocycles. The largest absolute Gasteiger partial charge is 0.508 e. The summed E-state index contributed by atoms with van der Waals surface area (Å²) in [6.07, 6.45) is 6.32. The number of hydrogen-bond acceptors (Lipinski definition) is 9. The number of piperazine rings is 1. The number of aryl methyl sites for hydroxylation is 1. The molecular formula is C34H38F2N6O3. The molecule has 3 saturated heterocycles. The Morgan fingerprint density at radius 2 is 1.87 bits per heavy atom. The fraction of sp³-hybridized carbons (Fsp3) is 0.500. The lowest BCUT2D eigenvalue weighted by atomic mass is 9.94. The quantitative estimate of drug-likeness (QED) is 0.289. The van der Waals surface area contributed by atoms with Gasteiger partial charge in [0.2, 0.25) is 0 Å². The van der Waals surface area contributed by atoms with E-state index in [1.54, 1.807) is 18.3 Å². The second-order valence-electron chi connectivity index (χ2n) is 13.2. The predicted octanol–water partition coefficient (Wildman–Crippen LogP) is 4.82. The number of benzene rings is 2. The van der Waals surface area contributed by atoms with Crippen LogP contribution in [-0.2, 0) is 11.2 Å². The van der Waals surface area contributed by atoms with E-state index in [9.17, 15) is 9.50 Å². The Morgan fingerprint density at radius 3 is 2.60 bits per heavy atom. The fourth-order valence-electron chi connectivity index (χ4n) is 7.49. The van der Waals surface area contributed by atoms with Gasteiger partial charge in [-0.15, -0.1) is 0 Å². The van der Waals surface area contributed by atoms with Crippen LogP contribution in [0.2, 0.25) is 0 Å². The van der Waals surface area contributed by atoms with Gasteiger partial charge in [-0.1, -0.05) is 13.0 Å². The van der Waals surface area contributed by atoms with Gasteiger partial charge in [0, 0.05) is 62.0 Å². The predicted molar refractivity (Wildman–Crippen MR) is 168 cm³/mol. The van der Waals surface area contributed by atoms with Crippen LogP contribution in [-0.4, -0.2) is 89.6 Å². The number of rotatable bonds is 8. The first-order valence-electron chi connectivity index (χ1n) is 16.1. The molecule has 2 bridgehead atoms. The third kappa shape index (κ3) is 5.34. The van der Waals surface area contributed by atoms with Crippen molar-refractivity contribution < 1.29 is 23.4 Å². The molecule has 1 aliphatic carbocycles. The van der Waals surface area contributed by atoms with Crippen LogP contribution >= 0.6 is 0 Å². The van der Waals surface area contributed by atoms with Gasteiger partial charge in [-0.2, -0.15) is 9.97 Å². The maximum atomic E-state index is 16.8. The van der Waals surface area contributed by atoms with Gasteiger partial charge in [0.15, 0.2) is 5.82 Å². The highest BCUT2D eigenvalue weighted by atomic mass is 19.1. The van der Waals surface area contributed by atoms with Crippen LogP contribution in [0.25, 0.3) is 32.9 Å². The van der Waals surface area contributed by atoms with E-state index in [4.69, 9.17) is 14.5 Å². The van der Waals surface area contributed by atoms with Gasteiger partial charge in [-0.3, -0.25) is 9.88 Å². The van der Waals surface area contributed by atoms with Crippen LogP contribution in [0, 0.1) is 17.0 Å². The number of nitrogens with one attached hydrogen (secondary N) is 1. The topological polar surface area (TPSA) is 95.9 Å². The number of ether oxygens (including phenoxy) is 2. The van der Waals surface area contributed by atoms with Crippen LogP contribution < -0.4 is 15.0 Å². The minimum atomic E-state index is -0.647. The average Bonchev–Trinajstić information content (AvgIpc) is 3.73. The van der Waals surface area contributed by atoms with Gasteiger partial charge in [0.25, 0.3) is 0 Å².